The molecule has 0 unspecified atom stereocenters. The summed E-state index contributed by atoms with van der Waals surface area (Å²) in [5.41, 5.74) is 18.5. The lowest BCUT2D eigenvalue weighted by Gasteiger charge is -2.29. The van der Waals surface area contributed by atoms with E-state index in [2.05, 4.69) is 264 Å². The molecule has 0 saturated heterocycles. The maximum atomic E-state index is 2.49. The molecule has 2 heteroatoms. The Morgan fingerprint density at radius 1 is 0.242 bits per heavy atom. The molecule has 0 N–H and O–H groups in total. The molecule has 62 heavy (non-hydrogen) atoms. The topological polar surface area (TPSA) is 8.17 Å². The standard InChI is InChI=1S/C60H42N2/c1-6-16-43(17-7-1)48-26-33-53(34-27-48)61(54-35-28-49(29-36-54)44-18-8-2-9-19-44)59-39-32-52(47-24-14-5-15-25-47)42-60(59)62-57-37-30-50(45-20-10-3-11-21-45)40-55(57)56-41-51(31-38-58(56)62)46-22-12-4-13-23-46/h1-42H. The molecule has 0 spiro atoms. The van der Waals surface area contributed by atoms with Crippen molar-refractivity contribution >= 4 is 38.9 Å². The van der Waals surface area contributed by atoms with Crippen LogP contribution in [0.3, 0.4) is 0 Å². The fourth-order valence-electron chi connectivity index (χ4n) is 8.90. The van der Waals surface area contributed by atoms with Gasteiger partial charge in [-0.15, -0.1) is 0 Å². The van der Waals surface area contributed by atoms with Crippen molar-refractivity contribution in [3.05, 3.63) is 255 Å². The van der Waals surface area contributed by atoms with Crippen LogP contribution in [0.2, 0.25) is 0 Å². The molecular formula is C60H42N2. The van der Waals surface area contributed by atoms with Gasteiger partial charge in [-0.05, 0) is 116 Å². The third-order valence-corrected chi connectivity index (χ3v) is 12.0. The Morgan fingerprint density at radius 3 is 0.903 bits per heavy atom. The van der Waals surface area contributed by atoms with E-state index in [1.807, 2.05) is 0 Å². The lowest BCUT2D eigenvalue weighted by molar-refractivity contribution is 1.15. The Hall–Kier alpha value is -8.20. The van der Waals surface area contributed by atoms with Gasteiger partial charge in [0.1, 0.15) is 0 Å². The van der Waals surface area contributed by atoms with Gasteiger partial charge < -0.3 is 9.47 Å². The lowest BCUT2D eigenvalue weighted by atomic mass is 10.0. The molecule has 0 amide bonds. The van der Waals surface area contributed by atoms with Crippen LogP contribution in [0.5, 0.6) is 0 Å². The summed E-state index contributed by atoms with van der Waals surface area (Å²) in [5, 5.41) is 2.42. The zero-order chi connectivity index (χ0) is 41.2. The Bertz CT molecular complexity index is 3100. The Kier molecular flexibility index (Phi) is 9.57. The van der Waals surface area contributed by atoms with Crippen molar-refractivity contribution in [1.29, 1.82) is 0 Å². The van der Waals surface area contributed by atoms with Gasteiger partial charge in [0.15, 0.2) is 0 Å². The third kappa shape index (κ3) is 6.94. The van der Waals surface area contributed by atoms with Crippen LogP contribution in [0.1, 0.15) is 0 Å². The first-order chi connectivity index (χ1) is 30.7. The van der Waals surface area contributed by atoms with E-state index in [1.54, 1.807) is 0 Å². The van der Waals surface area contributed by atoms with Crippen molar-refractivity contribution in [2.45, 2.75) is 0 Å². The van der Waals surface area contributed by atoms with Crippen LogP contribution >= 0.6 is 0 Å². The monoisotopic (exact) mass is 790 g/mol. The van der Waals surface area contributed by atoms with Crippen LogP contribution in [0.15, 0.2) is 255 Å². The second-order valence-electron chi connectivity index (χ2n) is 15.8. The molecular weight excluding hydrogens is 749 g/mol. The molecule has 0 aliphatic rings. The summed E-state index contributed by atoms with van der Waals surface area (Å²) >= 11 is 0. The number of anilines is 3. The first-order valence-corrected chi connectivity index (χ1v) is 21.3. The number of fused-ring (bicyclic) bond motifs is 3. The van der Waals surface area contributed by atoms with Gasteiger partial charge in [0.25, 0.3) is 0 Å². The second-order valence-corrected chi connectivity index (χ2v) is 15.8. The SMILES string of the molecule is c1ccc(-c2ccc(N(c3ccc(-c4ccccc4)cc3)c3ccc(-c4ccccc4)cc3-n3c4ccc(-c5ccccc5)cc4c4cc(-c5ccccc5)ccc43)cc2)cc1. The lowest BCUT2D eigenvalue weighted by Crippen LogP contribution is -2.13. The van der Waals surface area contributed by atoms with Gasteiger partial charge in [0.2, 0.25) is 0 Å². The molecule has 0 fully saturated rings. The van der Waals surface area contributed by atoms with Crippen molar-refractivity contribution in [1.82, 2.24) is 4.57 Å². The fourth-order valence-corrected chi connectivity index (χ4v) is 8.90. The van der Waals surface area contributed by atoms with E-state index in [-0.39, 0.29) is 0 Å². The number of hydrogen-bond donors (Lipinski definition) is 0. The summed E-state index contributed by atoms with van der Waals surface area (Å²) < 4.78 is 2.49. The molecule has 10 aromatic carbocycles. The number of hydrogen-bond acceptors (Lipinski definition) is 1. The quantitative estimate of drug-likeness (QED) is 0.141. The molecule has 11 aromatic rings. The minimum Gasteiger partial charge on any atom is -0.308 e. The van der Waals surface area contributed by atoms with Crippen molar-refractivity contribution in [2.24, 2.45) is 0 Å². The highest BCUT2D eigenvalue weighted by molar-refractivity contribution is 6.12. The molecule has 1 heterocycles. The van der Waals surface area contributed by atoms with E-state index in [9.17, 15) is 0 Å². The van der Waals surface area contributed by atoms with E-state index in [0.717, 1.165) is 39.3 Å². The minimum absolute atomic E-state index is 1.07. The van der Waals surface area contributed by atoms with Crippen LogP contribution in [0.4, 0.5) is 17.1 Å². The highest BCUT2D eigenvalue weighted by atomic mass is 15.2. The maximum Gasteiger partial charge on any atom is 0.0709 e. The maximum absolute atomic E-state index is 2.49. The van der Waals surface area contributed by atoms with Gasteiger partial charge in [0, 0.05) is 22.1 Å². The Balaban J connectivity index is 1.18. The van der Waals surface area contributed by atoms with Crippen molar-refractivity contribution in [2.75, 3.05) is 4.90 Å². The van der Waals surface area contributed by atoms with Gasteiger partial charge in [0.05, 0.1) is 22.4 Å². The molecule has 0 aliphatic heterocycles. The van der Waals surface area contributed by atoms with Crippen molar-refractivity contribution in [3.63, 3.8) is 0 Å². The predicted molar refractivity (Wildman–Crippen MR) is 263 cm³/mol. The van der Waals surface area contributed by atoms with Crippen molar-refractivity contribution < 1.29 is 0 Å². The molecule has 0 saturated carbocycles. The number of rotatable bonds is 9. The zero-order valence-corrected chi connectivity index (χ0v) is 34.1. The van der Waals surface area contributed by atoms with Crippen LogP contribution in [0, 0.1) is 0 Å². The van der Waals surface area contributed by atoms with Gasteiger partial charge in [-0.1, -0.05) is 194 Å². The average Bonchev–Trinajstić information content (AvgIpc) is 3.69. The number of benzene rings is 10. The van der Waals surface area contributed by atoms with Gasteiger partial charge in [-0.25, -0.2) is 0 Å². The molecule has 0 bridgehead atoms. The fraction of sp³-hybridized carbons (Fsp3) is 0. The summed E-state index contributed by atoms with van der Waals surface area (Å²) in [6.07, 6.45) is 0. The minimum atomic E-state index is 1.07. The van der Waals surface area contributed by atoms with E-state index >= 15 is 0 Å². The molecule has 0 atom stereocenters. The zero-order valence-electron chi connectivity index (χ0n) is 34.1. The number of aromatic nitrogens is 1. The normalized spacial score (nSPS) is 11.2. The van der Waals surface area contributed by atoms with Crippen LogP contribution in [-0.2, 0) is 0 Å². The molecule has 2 nitrogen and oxygen atoms in total. The van der Waals surface area contributed by atoms with Crippen LogP contribution < -0.4 is 4.90 Å². The highest BCUT2D eigenvalue weighted by Gasteiger charge is 2.23. The largest absolute Gasteiger partial charge is 0.308 e. The third-order valence-electron chi connectivity index (χ3n) is 12.0. The van der Waals surface area contributed by atoms with Crippen LogP contribution in [-0.4, -0.2) is 4.57 Å². The second kappa shape index (κ2) is 16.1. The summed E-state index contributed by atoms with van der Waals surface area (Å²) in [7, 11) is 0. The number of nitrogens with zero attached hydrogens (tertiary/aromatic N) is 2. The smallest absolute Gasteiger partial charge is 0.0709 e. The van der Waals surface area contributed by atoms with E-state index in [0.29, 0.717) is 0 Å². The van der Waals surface area contributed by atoms with Crippen LogP contribution in [0.25, 0.3) is 83.1 Å². The van der Waals surface area contributed by atoms with Gasteiger partial charge in [-0.3, -0.25) is 0 Å². The molecule has 292 valence electrons. The van der Waals surface area contributed by atoms with E-state index in [4.69, 9.17) is 0 Å². The average molecular weight is 791 g/mol. The first-order valence-electron chi connectivity index (χ1n) is 21.3. The van der Waals surface area contributed by atoms with E-state index < -0.39 is 0 Å². The Morgan fingerprint density at radius 2 is 0.532 bits per heavy atom. The first kappa shape index (κ1) is 36.8. The highest BCUT2D eigenvalue weighted by Crippen LogP contribution is 2.45. The summed E-state index contributed by atoms with van der Waals surface area (Å²) in [5.74, 6) is 0. The van der Waals surface area contributed by atoms with Gasteiger partial charge >= 0.3 is 0 Å². The molecule has 0 aliphatic carbocycles. The Labute approximate surface area is 362 Å². The molecule has 1 aromatic heterocycles. The van der Waals surface area contributed by atoms with Gasteiger partial charge in [-0.2, -0.15) is 0 Å². The summed E-state index contributed by atoms with van der Waals surface area (Å²) in [6.45, 7) is 0. The summed E-state index contributed by atoms with van der Waals surface area (Å²) in [6, 6.07) is 92.2. The molecule has 0 radical (unpaired) electrons. The van der Waals surface area contributed by atoms with Crippen molar-refractivity contribution in [3.8, 4) is 61.3 Å². The van der Waals surface area contributed by atoms with E-state index in [1.165, 1.54) is 60.8 Å². The molecule has 11 rings (SSSR count). The summed E-state index contributed by atoms with van der Waals surface area (Å²) in [4.78, 5) is 2.42. The predicted octanol–water partition coefficient (Wildman–Crippen LogP) is 16.6.